The molecular weight excluding hydrogens is 501 g/mol. The molecule has 0 aliphatic carbocycles. The largest absolute Gasteiger partial charge is 0.364 e. The van der Waals surface area contributed by atoms with Gasteiger partial charge in [-0.15, -0.1) is 0 Å². The molecule has 0 radical (unpaired) electrons. The average Bonchev–Trinajstić information content (AvgIpc) is 3.17. The molecule has 1 aromatic carbocycles. The van der Waals surface area contributed by atoms with Crippen LogP contribution in [-0.2, 0) is 9.53 Å². The van der Waals surface area contributed by atoms with Gasteiger partial charge >= 0.3 is 0 Å². The van der Waals surface area contributed by atoms with Crippen LogP contribution in [0.4, 0.5) is 0 Å². The van der Waals surface area contributed by atoms with Crippen molar-refractivity contribution < 1.29 is 14.3 Å². The highest BCUT2D eigenvalue weighted by Gasteiger charge is 2.39. The van der Waals surface area contributed by atoms with E-state index in [0.29, 0.717) is 40.7 Å². The van der Waals surface area contributed by atoms with Gasteiger partial charge in [-0.1, -0.05) is 42.3 Å². The molecule has 0 saturated carbocycles. The molecule has 1 amide bonds. The van der Waals surface area contributed by atoms with Gasteiger partial charge in [0.25, 0.3) is 5.91 Å². The van der Waals surface area contributed by atoms with Gasteiger partial charge in [0.2, 0.25) is 0 Å². The second-order valence-electron chi connectivity index (χ2n) is 9.28. The van der Waals surface area contributed by atoms with Crippen LogP contribution in [0.3, 0.4) is 0 Å². The molecule has 0 spiro atoms. The van der Waals surface area contributed by atoms with Crippen molar-refractivity contribution in [1.82, 2.24) is 25.1 Å². The van der Waals surface area contributed by atoms with Gasteiger partial charge < -0.3 is 24.9 Å². The molecule has 0 aromatic heterocycles. The average molecular weight is 534 g/mol. The third-order valence-corrected chi connectivity index (χ3v) is 7.37. The maximum atomic E-state index is 13.3. The molecule has 3 aliphatic heterocycles. The van der Waals surface area contributed by atoms with E-state index < -0.39 is 0 Å². The van der Waals surface area contributed by atoms with E-state index in [0.717, 1.165) is 24.4 Å². The van der Waals surface area contributed by atoms with Crippen molar-refractivity contribution in [2.24, 2.45) is 0 Å². The molecule has 2 unspecified atom stereocenters. The van der Waals surface area contributed by atoms with E-state index in [1.807, 2.05) is 20.2 Å². The van der Waals surface area contributed by atoms with E-state index in [4.69, 9.17) is 27.9 Å². The van der Waals surface area contributed by atoms with Crippen LogP contribution >= 0.6 is 23.2 Å². The number of benzene rings is 1. The fraction of sp³-hybridized carbons (Fsp3) is 0.462. The van der Waals surface area contributed by atoms with Crippen molar-refractivity contribution >= 4 is 34.9 Å². The Morgan fingerprint density at radius 2 is 1.94 bits per heavy atom. The predicted molar refractivity (Wildman–Crippen MR) is 141 cm³/mol. The molecule has 10 heteroatoms. The summed E-state index contributed by atoms with van der Waals surface area (Å²) in [7, 11) is 5.45. The van der Waals surface area contributed by atoms with Crippen molar-refractivity contribution in [3.05, 3.63) is 69.1 Å². The summed E-state index contributed by atoms with van der Waals surface area (Å²) in [6, 6.07) is 6.88. The topological polar surface area (TPSA) is 68.4 Å². The zero-order chi connectivity index (χ0) is 26.0. The number of hydrazine groups is 1. The minimum absolute atomic E-state index is 0.0171. The van der Waals surface area contributed by atoms with E-state index in [1.54, 1.807) is 42.5 Å². The number of carbonyl (C=O) groups is 2. The van der Waals surface area contributed by atoms with Crippen LogP contribution in [-0.4, -0.2) is 91.2 Å². The molecule has 4 rings (SSSR count). The van der Waals surface area contributed by atoms with Crippen molar-refractivity contribution in [2.75, 3.05) is 47.4 Å². The molecule has 36 heavy (non-hydrogen) atoms. The molecule has 194 valence electrons. The lowest BCUT2D eigenvalue weighted by atomic mass is 10.0. The number of ether oxygens (including phenoxy) is 1. The zero-order valence-corrected chi connectivity index (χ0v) is 22.6. The number of nitrogens with zero attached hydrogens (tertiary/aromatic N) is 4. The van der Waals surface area contributed by atoms with E-state index in [1.165, 1.54) is 0 Å². The number of halogens is 2. The number of hydrogen-bond acceptors (Lipinski definition) is 7. The van der Waals surface area contributed by atoms with E-state index >= 15 is 0 Å². The third kappa shape index (κ3) is 5.27. The van der Waals surface area contributed by atoms with Gasteiger partial charge in [0.05, 0.1) is 46.1 Å². The number of carbonyl (C=O) groups excluding carboxylic acids is 2. The van der Waals surface area contributed by atoms with Crippen LogP contribution in [0, 0.1) is 0 Å². The molecule has 0 fully saturated rings. The summed E-state index contributed by atoms with van der Waals surface area (Å²) in [4.78, 5) is 30.3. The second kappa shape index (κ2) is 11.3. The number of likely N-dealkylation sites (N-methyl/N-ethyl adjacent to an activating group) is 2. The summed E-state index contributed by atoms with van der Waals surface area (Å²) >= 11 is 12.6. The molecule has 1 N–H and O–H groups in total. The molecule has 0 bridgehead atoms. The Morgan fingerprint density at radius 1 is 1.19 bits per heavy atom. The van der Waals surface area contributed by atoms with Gasteiger partial charge in [0.1, 0.15) is 0 Å². The lowest BCUT2D eigenvalue weighted by molar-refractivity contribution is -0.116. The minimum Gasteiger partial charge on any atom is -0.364 e. The number of hydrogen-bond donors (Lipinski definition) is 1. The highest BCUT2D eigenvalue weighted by Crippen LogP contribution is 2.34. The maximum Gasteiger partial charge on any atom is 0.253 e. The maximum absolute atomic E-state index is 13.3. The van der Waals surface area contributed by atoms with E-state index in [-0.39, 0.29) is 30.5 Å². The molecule has 3 heterocycles. The summed E-state index contributed by atoms with van der Waals surface area (Å²) in [5.41, 5.74) is 3.11. The molecule has 1 aromatic rings. The summed E-state index contributed by atoms with van der Waals surface area (Å²) in [5, 5.41) is 8.47. The Labute approximate surface area is 222 Å². The zero-order valence-electron chi connectivity index (χ0n) is 21.1. The Hall–Kier alpha value is -2.52. The van der Waals surface area contributed by atoms with Crippen molar-refractivity contribution in [3.8, 4) is 0 Å². The van der Waals surface area contributed by atoms with Crippen LogP contribution in [0.5, 0.6) is 0 Å². The van der Waals surface area contributed by atoms with Gasteiger partial charge in [0, 0.05) is 46.1 Å². The number of methoxy groups -OCH3 is 1. The lowest BCUT2D eigenvalue weighted by Gasteiger charge is -2.38. The van der Waals surface area contributed by atoms with Gasteiger partial charge in [-0.3, -0.25) is 9.59 Å². The Morgan fingerprint density at radius 3 is 2.61 bits per heavy atom. The number of nitrogens with one attached hydrogen (secondary N) is 1. The molecule has 3 aliphatic rings. The van der Waals surface area contributed by atoms with Gasteiger partial charge in [0.15, 0.2) is 12.0 Å². The number of allylic oxidation sites excluding steroid dienone is 1. The summed E-state index contributed by atoms with van der Waals surface area (Å²) in [6.07, 6.45) is 4.71. The predicted octanol–water partition coefficient (Wildman–Crippen LogP) is 3.42. The summed E-state index contributed by atoms with van der Waals surface area (Å²) in [6.45, 7) is 4.50. The number of rotatable bonds is 8. The highest BCUT2D eigenvalue weighted by molar-refractivity contribution is 6.33. The quantitative estimate of drug-likeness (QED) is 0.548. The summed E-state index contributed by atoms with van der Waals surface area (Å²) < 4.78 is 5.38. The smallest absolute Gasteiger partial charge is 0.253 e. The van der Waals surface area contributed by atoms with Crippen LogP contribution in [0.25, 0.3) is 0 Å². The standard InChI is InChI=1S/C26H33Cl2N5O3/c1-5-11-33-24-21(29-25(35)18-8-6-7-9-19(18)27)10-12-32(22(24)15-31(33)3)16-23(34)17-13-20(28)26(36-4)30(2)14-17/h6-9,13-14,21,26H,5,10-12,15-16H2,1-4H3,(H,29,35). The third-order valence-electron chi connectivity index (χ3n) is 6.74. The molecule has 2 atom stereocenters. The SMILES string of the molecule is CCCN1C2=C(CN1C)N(CC(=O)C1=CN(C)C(OC)C(Cl)=C1)CCC2NC(=O)c1ccccc1Cl. The van der Waals surface area contributed by atoms with E-state index in [9.17, 15) is 9.59 Å². The van der Waals surface area contributed by atoms with Crippen LogP contribution in [0.1, 0.15) is 30.1 Å². The Bertz CT molecular complexity index is 1120. The van der Waals surface area contributed by atoms with Crippen LogP contribution < -0.4 is 5.32 Å². The first-order valence-corrected chi connectivity index (χ1v) is 12.9. The fourth-order valence-corrected chi connectivity index (χ4v) is 5.63. The lowest BCUT2D eigenvalue weighted by Crippen LogP contribution is -2.48. The molecular formula is C26H33Cl2N5O3. The number of Topliss-reactive ketones (excluding diaryl/α,β-unsaturated/α-hetero) is 1. The molecule has 0 saturated heterocycles. The summed E-state index contributed by atoms with van der Waals surface area (Å²) in [5.74, 6) is -0.215. The number of amides is 1. The van der Waals surface area contributed by atoms with Gasteiger partial charge in [-0.05, 0) is 31.1 Å². The van der Waals surface area contributed by atoms with Crippen LogP contribution in [0.2, 0.25) is 5.02 Å². The van der Waals surface area contributed by atoms with Gasteiger partial charge in [-0.25, -0.2) is 5.01 Å². The first-order chi connectivity index (χ1) is 17.2. The Kier molecular flexibility index (Phi) is 8.30. The molecule has 8 nitrogen and oxygen atoms in total. The Balaban J connectivity index is 1.57. The fourth-order valence-electron chi connectivity index (χ4n) is 5.05. The monoisotopic (exact) mass is 533 g/mol. The van der Waals surface area contributed by atoms with Crippen molar-refractivity contribution in [2.45, 2.75) is 32.0 Å². The first kappa shape index (κ1) is 26.5. The van der Waals surface area contributed by atoms with Crippen molar-refractivity contribution in [3.63, 3.8) is 0 Å². The van der Waals surface area contributed by atoms with E-state index in [2.05, 4.69) is 27.2 Å². The van der Waals surface area contributed by atoms with Crippen molar-refractivity contribution in [1.29, 1.82) is 0 Å². The normalized spacial score (nSPS) is 22.4. The van der Waals surface area contributed by atoms with Gasteiger partial charge in [-0.2, -0.15) is 0 Å². The highest BCUT2D eigenvalue weighted by atomic mass is 35.5. The number of ketones is 1. The van der Waals surface area contributed by atoms with Crippen LogP contribution in [0.15, 0.2) is 58.5 Å². The second-order valence-corrected chi connectivity index (χ2v) is 10.1. The first-order valence-electron chi connectivity index (χ1n) is 12.1. The minimum atomic E-state index is -0.388.